The van der Waals surface area contributed by atoms with E-state index in [1.807, 2.05) is 0 Å². The van der Waals surface area contributed by atoms with Crippen LogP contribution in [0.1, 0.15) is 48.0 Å². The summed E-state index contributed by atoms with van der Waals surface area (Å²) in [6.07, 6.45) is 4.53. The second-order valence-corrected chi connectivity index (χ2v) is 5.63. The molecule has 1 aromatic rings. The summed E-state index contributed by atoms with van der Waals surface area (Å²) in [5, 5.41) is 0. The van der Waals surface area contributed by atoms with Crippen LogP contribution in [0, 0.1) is 18.6 Å². The molecule has 3 nitrogen and oxygen atoms in total. The molecule has 0 atom stereocenters. The number of rotatable bonds is 5. The van der Waals surface area contributed by atoms with Crippen LogP contribution in [0.4, 0.5) is 8.78 Å². The number of amides is 1. The van der Waals surface area contributed by atoms with Gasteiger partial charge in [-0.15, -0.1) is 0 Å². The number of hydrogen-bond acceptors (Lipinski definition) is 2. The van der Waals surface area contributed by atoms with Gasteiger partial charge in [0.15, 0.2) is 0 Å². The van der Waals surface area contributed by atoms with Crippen molar-refractivity contribution in [1.82, 2.24) is 4.90 Å². The second-order valence-electron chi connectivity index (χ2n) is 5.63. The lowest BCUT2D eigenvalue weighted by Gasteiger charge is -2.29. The zero-order valence-electron chi connectivity index (χ0n) is 12.4. The summed E-state index contributed by atoms with van der Waals surface area (Å²) in [7, 11) is 0. The Balaban J connectivity index is 2.31. The highest BCUT2D eigenvalue weighted by molar-refractivity contribution is 5.95. The topological polar surface area (TPSA) is 46.3 Å². The highest BCUT2D eigenvalue weighted by Crippen LogP contribution is 2.27. The number of hydrogen-bond donors (Lipinski definition) is 1. The summed E-state index contributed by atoms with van der Waals surface area (Å²) in [4.78, 5) is 14.2. The predicted octanol–water partition coefficient (Wildman–Crippen LogP) is 3.01. The molecule has 0 bridgehead atoms. The van der Waals surface area contributed by atoms with Gasteiger partial charge in [-0.3, -0.25) is 4.79 Å². The number of carbonyl (C=O) groups is 1. The Kier molecular flexibility index (Phi) is 5.28. The fraction of sp³-hybridized carbons (Fsp3) is 0.562. The van der Waals surface area contributed by atoms with Crippen molar-refractivity contribution in [2.45, 2.75) is 45.1 Å². The van der Waals surface area contributed by atoms with Crippen LogP contribution in [-0.4, -0.2) is 29.9 Å². The average Bonchev–Trinajstić information content (AvgIpc) is 2.98. The minimum atomic E-state index is -0.793. The van der Waals surface area contributed by atoms with E-state index in [1.54, 1.807) is 4.90 Å². The minimum absolute atomic E-state index is 0.0726. The Labute approximate surface area is 124 Å². The molecule has 0 saturated heterocycles. The van der Waals surface area contributed by atoms with Gasteiger partial charge in [0.1, 0.15) is 17.2 Å². The first kappa shape index (κ1) is 15.9. The van der Waals surface area contributed by atoms with Crippen molar-refractivity contribution in [3.63, 3.8) is 0 Å². The fourth-order valence-corrected chi connectivity index (χ4v) is 2.92. The molecule has 0 radical (unpaired) electrons. The normalized spacial score (nSPS) is 15.4. The van der Waals surface area contributed by atoms with Crippen molar-refractivity contribution in [3.8, 4) is 0 Å². The molecule has 1 fully saturated rings. The van der Waals surface area contributed by atoms with Crippen molar-refractivity contribution in [2.75, 3.05) is 13.1 Å². The lowest BCUT2D eigenvalue weighted by Crippen LogP contribution is -2.41. The number of aryl methyl sites for hydroxylation is 1. The summed E-state index contributed by atoms with van der Waals surface area (Å²) in [6.45, 7) is 2.44. The third kappa shape index (κ3) is 3.40. The molecule has 0 aliphatic heterocycles. The van der Waals surface area contributed by atoms with E-state index in [0.717, 1.165) is 31.7 Å². The Morgan fingerprint density at radius 2 is 2.00 bits per heavy atom. The van der Waals surface area contributed by atoms with Gasteiger partial charge in [-0.1, -0.05) is 18.9 Å². The molecule has 0 spiro atoms. The molecular formula is C16H22F2N2O. The van der Waals surface area contributed by atoms with E-state index in [0.29, 0.717) is 19.5 Å². The molecule has 1 aliphatic carbocycles. The first-order valence-electron chi connectivity index (χ1n) is 7.52. The van der Waals surface area contributed by atoms with Crippen LogP contribution in [0.2, 0.25) is 0 Å². The van der Waals surface area contributed by atoms with Crippen LogP contribution in [0.5, 0.6) is 0 Å². The Hall–Kier alpha value is -1.49. The van der Waals surface area contributed by atoms with Crippen molar-refractivity contribution in [2.24, 2.45) is 5.73 Å². The summed E-state index contributed by atoms with van der Waals surface area (Å²) in [5.74, 6) is -2.09. The molecule has 1 aliphatic rings. The maximum absolute atomic E-state index is 14.2. The van der Waals surface area contributed by atoms with Crippen molar-refractivity contribution < 1.29 is 13.6 Å². The highest BCUT2D eigenvalue weighted by atomic mass is 19.1. The Bertz CT molecular complexity index is 513. The number of halogens is 2. The summed E-state index contributed by atoms with van der Waals surface area (Å²) >= 11 is 0. The molecule has 2 N–H and O–H groups in total. The SMILES string of the molecule is Cc1ccc(F)c(C(=O)N(CCCN)C2CCCC2)c1F. The maximum atomic E-state index is 14.2. The summed E-state index contributed by atoms with van der Waals surface area (Å²) < 4.78 is 28.1. The number of carbonyl (C=O) groups excluding carboxylic acids is 1. The van der Waals surface area contributed by atoms with E-state index < -0.39 is 23.1 Å². The van der Waals surface area contributed by atoms with Crippen LogP contribution in [-0.2, 0) is 0 Å². The molecule has 2 rings (SSSR count). The molecule has 21 heavy (non-hydrogen) atoms. The second kappa shape index (κ2) is 6.98. The molecule has 1 aromatic carbocycles. The summed E-state index contributed by atoms with van der Waals surface area (Å²) in [5.41, 5.74) is 5.36. The molecule has 5 heteroatoms. The molecule has 116 valence electrons. The Morgan fingerprint density at radius 1 is 1.33 bits per heavy atom. The molecule has 1 saturated carbocycles. The lowest BCUT2D eigenvalue weighted by atomic mass is 10.1. The van der Waals surface area contributed by atoms with Gasteiger partial charge in [0, 0.05) is 12.6 Å². The predicted molar refractivity (Wildman–Crippen MR) is 78.1 cm³/mol. The van der Waals surface area contributed by atoms with E-state index in [1.165, 1.54) is 13.0 Å². The van der Waals surface area contributed by atoms with E-state index in [9.17, 15) is 13.6 Å². The van der Waals surface area contributed by atoms with Gasteiger partial charge in [0.25, 0.3) is 5.91 Å². The average molecular weight is 296 g/mol. The molecular weight excluding hydrogens is 274 g/mol. The quantitative estimate of drug-likeness (QED) is 0.908. The third-order valence-corrected chi connectivity index (χ3v) is 4.13. The van der Waals surface area contributed by atoms with Crippen LogP contribution < -0.4 is 5.73 Å². The standard InChI is InChI=1S/C16H22F2N2O/c1-11-7-8-13(17)14(15(11)18)16(21)20(10-4-9-19)12-5-2-3-6-12/h7-8,12H,2-6,9-10,19H2,1H3. The van der Waals surface area contributed by atoms with Gasteiger partial charge in [0.05, 0.1) is 0 Å². The van der Waals surface area contributed by atoms with Gasteiger partial charge >= 0.3 is 0 Å². The molecule has 0 heterocycles. The van der Waals surface area contributed by atoms with Gasteiger partial charge in [-0.25, -0.2) is 8.78 Å². The van der Waals surface area contributed by atoms with Gasteiger partial charge in [0.2, 0.25) is 0 Å². The van der Waals surface area contributed by atoms with Crippen LogP contribution in [0.3, 0.4) is 0 Å². The van der Waals surface area contributed by atoms with Gasteiger partial charge < -0.3 is 10.6 Å². The largest absolute Gasteiger partial charge is 0.335 e. The zero-order valence-corrected chi connectivity index (χ0v) is 12.4. The third-order valence-electron chi connectivity index (χ3n) is 4.13. The number of nitrogens with two attached hydrogens (primary N) is 1. The van der Waals surface area contributed by atoms with Gasteiger partial charge in [-0.05, 0) is 44.4 Å². The smallest absolute Gasteiger partial charge is 0.260 e. The van der Waals surface area contributed by atoms with Crippen molar-refractivity contribution >= 4 is 5.91 Å². The van der Waals surface area contributed by atoms with Crippen LogP contribution >= 0.6 is 0 Å². The summed E-state index contributed by atoms with van der Waals surface area (Å²) in [6, 6.07) is 2.58. The molecule has 0 aromatic heterocycles. The number of nitrogens with zero attached hydrogens (tertiary/aromatic N) is 1. The fourth-order valence-electron chi connectivity index (χ4n) is 2.92. The first-order chi connectivity index (χ1) is 10.1. The van der Waals surface area contributed by atoms with Crippen molar-refractivity contribution in [3.05, 3.63) is 34.9 Å². The molecule has 1 amide bonds. The van der Waals surface area contributed by atoms with Gasteiger partial charge in [-0.2, -0.15) is 0 Å². The first-order valence-corrected chi connectivity index (χ1v) is 7.52. The maximum Gasteiger partial charge on any atom is 0.260 e. The minimum Gasteiger partial charge on any atom is -0.335 e. The van der Waals surface area contributed by atoms with Crippen molar-refractivity contribution in [1.29, 1.82) is 0 Å². The molecule has 0 unspecified atom stereocenters. The highest BCUT2D eigenvalue weighted by Gasteiger charge is 2.30. The van der Waals surface area contributed by atoms with Crippen LogP contribution in [0.15, 0.2) is 12.1 Å². The van der Waals surface area contributed by atoms with E-state index in [2.05, 4.69) is 0 Å². The van der Waals surface area contributed by atoms with Crippen LogP contribution in [0.25, 0.3) is 0 Å². The zero-order chi connectivity index (χ0) is 15.4. The van der Waals surface area contributed by atoms with E-state index >= 15 is 0 Å². The Morgan fingerprint density at radius 3 is 2.62 bits per heavy atom. The van der Waals surface area contributed by atoms with E-state index in [-0.39, 0.29) is 11.6 Å². The monoisotopic (exact) mass is 296 g/mol. The lowest BCUT2D eigenvalue weighted by molar-refractivity contribution is 0.0670. The van der Waals surface area contributed by atoms with E-state index in [4.69, 9.17) is 5.73 Å². The number of benzene rings is 1.